The summed E-state index contributed by atoms with van der Waals surface area (Å²) in [4.78, 5) is 23.8. The first-order valence-electron chi connectivity index (χ1n) is 8.43. The Balaban J connectivity index is 1.71. The molecule has 0 aliphatic heterocycles. The minimum atomic E-state index is -0.242. The number of ether oxygens (including phenoxy) is 1. The van der Waals surface area contributed by atoms with Crippen molar-refractivity contribution < 1.29 is 14.3 Å². The average Bonchev–Trinajstić information content (AvgIpc) is 2.62. The summed E-state index contributed by atoms with van der Waals surface area (Å²) in [6.45, 7) is 4.20. The predicted molar refractivity (Wildman–Crippen MR) is 98.8 cm³/mol. The van der Waals surface area contributed by atoms with Gasteiger partial charge in [0.15, 0.2) is 0 Å². The first kappa shape index (κ1) is 18.5. The summed E-state index contributed by atoms with van der Waals surface area (Å²) >= 11 is 0. The number of carbonyl (C=O) groups excluding carboxylic acids is 2. The fourth-order valence-corrected chi connectivity index (χ4v) is 2.38. The van der Waals surface area contributed by atoms with E-state index in [0.717, 1.165) is 29.0 Å². The molecule has 2 rings (SSSR count). The van der Waals surface area contributed by atoms with E-state index >= 15 is 0 Å². The third-order valence-electron chi connectivity index (χ3n) is 3.80. The van der Waals surface area contributed by atoms with Gasteiger partial charge in [-0.05, 0) is 36.6 Å². The molecule has 0 aliphatic rings. The summed E-state index contributed by atoms with van der Waals surface area (Å²) in [6, 6.07) is 15.3. The maximum atomic E-state index is 12.0. The minimum absolute atomic E-state index is 0.0543. The van der Waals surface area contributed by atoms with Crippen LogP contribution in [0, 0.1) is 6.92 Å². The molecule has 0 bridgehead atoms. The van der Waals surface area contributed by atoms with Crippen LogP contribution in [0.1, 0.15) is 24.5 Å². The van der Waals surface area contributed by atoms with Crippen molar-refractivity contribution in [2.75, 3.05) is 18.5 Å². The molecule has 0 saturated heterocycles. The lowest BCUT2D eigenvalue weighted by molar-refractivity contribution is -0.124. The highest BCUT2D eigenvalue weighted by Gasteiger charge is 2.08. The molecule has 2 N–H and O–H groups in total. The van der Waals surface area contributed by atoms with E-state index in [-0.39, 0.29) is 31.4 Å². The fourth-order valence-electron chi connectivity index (χ4n) is 2.38. The maximum absolute atomic E-state index is 12.0. The van der Waals surface area contributed by atoms with Crippen LogP contribution in [0.25, 0.3) is 0 Å². The summed E-state index contributed by atoms with van der Waals surface area (Å²) in [5, 5.41) is 5.43. The molecule has 2 aromatic carbocycles. The lowest BCUT2D eigenvalue weighted by Crippen LogP contribution is -2.33. The Kier molecular flexibility index (Phi) is 7.01. The number of hydrogen-bond acceptors (Lipinski definition) is 3. The van der Waals surface area contributed by atoms with Crippen molar-refractivity contribution in [2.45, 2.75) is 26.7 Å². The van der Waals surface area contributed by atoms with E-state index in [1.807, 2.05) is 62.4 Å². The van der Waals surface area contributed by atoms with E-state index in [1.165, 1.54) is 0 Å². The average molecular weight is 340 g/mol. The van der Waals surface area contributed by atoms with Gasteiger partial charge in [0, 0.05) is 5.69 Å². The van der Waals surface area contributed by atoms with E-state index < -0.39 is 0 Å². The second-order valence-corrected chi connectivity index (χ2v) is 5.70. The lowest BCUT2D eigenvalue weighted by Gasteiger charge is -2.11. The topological polar surface area (TPSA) is 67.4 Å². The molecule has 0 atom stereocenters. The van der Waals surface area contributed by atoms with Crippen LogP contribution in [0.2, 0.25) is 0 Å². The van der Waals surface area contributed by atoms with Crippen molar-refractivity contribution in [1.82, 2.24) is 5.32 Å². The number of rotatable bonds is 8. The van der Waals surface area contributed by atoms with Gasteiger partial charge < -0.3 is 15.4 Å². The van der Waals surface area contributed by atoms with E-state index in [0.29, 0.717) is 0 Å². The van der Waals surface area contributed by atoms with Crippen molar-refractivity contribution in [3.8, 4) is 5.75 Å². The van der Waals surface area contributed by atoms with Gasteiger partial charge in [0.2, 0.25) is 11.8 Å². The van der Waals surface area contributed by atoms with Gasteiger partial charge in [0.1, 0.15) is 5.75 Å². The van der Waals surface area contributed by atoms with Gasteiger partial charge in [-0.25, -0.2) is 0 Å². The molecular formula is C20H24N2O3. The molecule has 5 nitrogen and oxygen atoms in total. The molecule has 0 saturated carbocycles. The molecule has 0 unspecified atom stereocenters. The Morgan fingerprint density at radius 1 is 1.00 bits per heavy atom. The van der Waals surface area contributed by atoms with Gasteiger partial charge in [-0.1, -0.05) is 43.3 Å². The number of nitrogens with one attached hydrogen (secondary N) is 2. The summed E-state index contributed by atoms with van der Waals surface area (Å²) in [5.74, 6) is 0.311. The van der Waals surface area contributed by atoms with E-state index in [4.69, 9.17) is 4.74 Å². The number of aryl methyl sites for hydroxylation is 2. The summed E-state index contributed by atoms with van der Waals surface area (Å²) in [7, 11) is 0. The van der Waals surface area contributed by atoms with Crippen molar-refractivity contribution in [3.63, 3.8) is 0 Å². The van der Waals surface area contributed by atoms with E-state index in [2.05, 4.69) is 10.6 Å². The number of amides is 2. The Labute approximate surface area is 148 Å². The van der Waals surface area contributed by atoms with Crippen LogP contribution in [-0.2, 0) is 16.0 Å². The molecule has 0 fully saturated rings. The Bertz CT molecular complexity index is 728. The van der Waals surface area contributed by atoms with Gasteiger partial charge in [0.05, 0.1) is 19.6 Å². The van der Waals surface area contributed by atoms with Crippen LogP contribution in [0.5, 0.6) is 5.75 Å². The van der Waals surface area contributed by atoms with Gasteiger partial charge in [-0.15, -0.1) is 0 Å². The number of benzene rings is 2. The zero-order valence-corrected chi connectivity index (χ0v) is 14.7. The third kappa shape index (κ3) is 5.95. The molecule has 5 heteroatoms. The molecular weight excluding hydrogens is 316 g/mol. The van der Waals surface area contributed by atoms with Crippen LogP contribution >= 0.6 is 0 Å². The van der Waals surface area contributed by atoms with Gasteiger partial charge in [-0.2, -0.15) is 0 Å². The monoisotopic (exact) mass is 340 g/mol. The van der Waals surface area contributed by atoms with Crippen molar-refractivity contribution in [2.24, 2.45) is 0 Å². The highest BCUT2D eigenvalue weighted by atomic mass is 16.5. The van der Waals surface area contributed by atoms with Crippen molar-refractivity contribution in [1.29, 1.82) is 0 Å². The molecule has 0 spiro atoms. The molecule has 0 aliphatic carbocycles. The van der Waals surface area contributed by atoms with Crippen LogP contribution in [0.15, 0.2) is 48.5 Å². The second-order valence-electron chi connectivity index (χ2n) is 5.70. The minimum Gasteiger partial charge on any atom is -0.493 e. The summed E-state index contributed by atoms with van der Waals surface area (Å²) < 4.78 is 5.58. The second kappa shape index (κ2) is 9.47. The Hall–Kier alpha value is -2.82. The Morgan fingerprint density at radius 3 is 2.48 bits per heavy atom. The molecule has 0 heterocycles. The molecule has 132 valence electrons. The van der Waals surface area contributed by atoms with Gasteiger partial charge in [0.25, 0.3) is 0 Å². The first-order chi connectivity index (χ1) is 12.1. The van der Waals surface area contributed by atoms with Crippen LogP contribution in [0.4, 0.5) is 5.69 Å². The normalized spacial score (nSPS) is 10.2. The van der Waals surface area contributed by atoms with Crippen LogP contribution in [0.3, 0.4) is 0 Å². The summed E-state index contributed by atoms with van der Waals surface area (Å²) in [6.07, 6.45) is 1.03. The first-order valence-corrected chi connectivity index (χ1v) is 8.43. The number of para-hydroxylation sites is 2. The molecule has 25 heavy (non-hydrogen) atoms. The summed E-state index contributed by atoms with van der Waals surface area (Å²) in [5.41, 5.74) is 2.87. The molecule has 0 radical (unpaired) electrons. The lowest BCUT2D eigenvalue weighted by atomic mass is 10.1. The standard InChI is InChI=1S/C20H24N2O3/c1-3-16-9-5-6-10-17(16)22-20(24)14-21-19(23)12-13-25-18-11-7-4-8-15(18)2/h4-11H,3,12-14H2,1-2H3,(H,21,23)(H,22,24). The van der Waals surface area contributed by atoms with Gasteiger partial charge >= 0.3 is 0 Å². The number of hydrogen-bond donors (Lipinski definition) is 2. The zero-order chi connectivity index (χ0) is 18.1. The predicted octanol–water partition coefficient (Wildman–Crippen LogP) is 3.08. The highest BCUT2D eigenvalue weighted by Crippen LogP contribution is 2.16. The smallest absolute Gasteiger partial charge is 0.243 e. The van der Waals surface area contributed by atoms with E-state index in [1.54, 1.807) is 0 Å². The van der Waals surface area contributed by atoms with E-state index in [9.17, 15) is 9.59 Å². The highest BCUT2D eigenvalue weighted by molar-refractivity contribution is 5.95. The molecule has 2 aromatic rings. The number of carbonyl (C=O) groups is 2. The zero-order valence-electron chi connectivity index (χ0n) is 14.7. The molecule has 2 amide bonds. The fraction of sp³-hybridized carbons (Fsp3) is 0.300. The molecule has 0 aromatic heterocycles. The number of anilines is 1. The third-order valence-corrected chi connectivity index (χ3v) is 3.80. The van der Waals surface area contributed by atoms with Crippen LogP contribution < -0.4 is 15.4 Å². The maximum Gasteiger partial charge on any atom is 0.243 e. The van der Waals surface area contributed by atoms with Crippen molar-refractivity contribution in [3.05, 3.63) is 59.7 Å². The Morgan fingerprint density at radius 2 is 1.72 bits per heavy atom. The van der Waals surface area contributed by atoms with Crippen LogP contribution in [-0.4, -0.2) is 25.0 Å². The largest absolute Gasteiger partial charge is 0.493 e. The van der Waals surface area contributed by atoms with Gasteiger partial charge in [-0.3, -0.25) is 9.59 Å². The van der Waals surface area contributed by atoms with Crippen molar-refractivity contribution >= 4 is 17.5 Å². The SMILES string of the molecule is CCc1ccccc1NC(=O)CNC(=O)CCOc1ccccc1C. The quantitative estimate of drug-likeness (QED) is 0.776.